The lowest BCUT2D eigenvalue weighted by Crippen LogP contribution is -2.45. The minimum Gasteiger partial charge on any atom is -0.357 e. The van der Waals surface area contributed by atoms with E-state index < -0.39 is 11.6 Å². The molecule has 0 amide bonds. The molecular weight excluding hydrogens is 348 g/mol. The number of aliphatic imine (C=N–C) groups is 1. The third-order valence-corrected chi connectivity index (χ3v) is 4.65. The highest BCUT2D eigenvalue weighted by Gasteiger charge is 2.23. The molecule has 1 unspecified atom stereocenters. The van der Waals surface area contributed by atoms with Gasteiger partial charge >= 0.3 is 0 Å². The molecule has 1 heterocycles. The lowest BCUT2D eigenvalue weighted by Gasteiger charge is -2.24. The maximum atomic E-state index is 13.3. The summed E-state index contributed by atoms with van der Waals surface area (Å²) in [5.74, 6) is -0.517. The molecule has 2 aromatic rings. The first-order valence-electron chi connectivity index (χ1n) is 9.51. The molecule has 2 N–H and O–H groups in total. The molecule has 0 fully saturated rings. The summed E-state index contributed by atoms with van der Waals surface area (Å²) in [4.78, 5) is 4.48. The molecule has 1 aliphatic rings. The number of halogens is 2. The first kappa shape index (κ1) is 19.3. The van der Waals surface area contributed by atoms with Crippen LogP contribution in [0.5, 0.6) is 0 Å². The van der Waals surface area contributed by atoms with Crippen molar-refractivity contribution in [2.45, 2.75) is 58.7 Å². The number of nitrogens with zero attached hydrogens (tertiary/aromatic N) is 3. The van der Waals surface area contributed by atoms with Gasteiger partial charge in [0.1, 0.15) is 11.6 Å². The number of hydrogen-bond acceptors (Lipinski definition) is 2. The fourth-order valence-corrected chi connectivity index (χ4v) is 3.29. The van der Waals surface area contributed by atoms with Crippen LogP contribution in [0.4, 0.5) is 8.78 Å². The molecule has 0 saturated carbocycles. The molecule has 1 aromatic heterocycles. The Morgan fingerprint density at radius 3 is 2.70 bits per heavy atom. The monoisotopic (exact) mass is 375 g/mol. The third-order valence-electron chi connectivity index (χ3n) is 4.65. The average Bonchev–Trinajstić information content (AvgIpc) is 3.03. The zero-order valence-electron chi connectivity index (χ0n) is 16.1. The number of guanidine groups is 1. The van der Waals surface area contributed by atoms with Crippen molar-refractivity contribution in [1.82, 2.24) is 20.4 Å². The maximum absolute atomic E-state index is 13.3. The van der Waals surface area contributed by atoms with Gasteiger partial charge in [-0.05, 0) is 56.9 Å². The number of fused-ring (bicyclic) bond motifs is 1. The number of hydrogen-bond donors (Lipinski definition) is 2. The molecule has 0 spiro atoms. The first-order valence-corrected chi connectivity index (χ1v) is 9.51. The SMILES string of the molecule is CCNC(=NCc1cc(F)cc(F)c1)NC1CCc2cn(C(C)C)nc2C1. The summed E-state index contributed by atoms with van der Waals surface area (Å²) in [5.41, 5.74) is 2.96. The highest BCUT2D eigenvalue weighted by molar-refractivity contribution is 5.80. The van der Waals surface area contributed by atoms with E-state index >= 15 is 0 Å². The van der Waals surface area contributed by atoms with Crippen molar-refractivity contribution in [3.05, 3.63) is 52.9 Å². The molecule has 1 aliphatic carbocycles. The number of aryl methyl sites for hydroxylation is 1. The number of rotatable bonds is 5. The molecule has 1 aromatic carbocycles. The number of benzene rings is 1. The fourth-order valence-electron chi connectivity index (χ4n) is 3.29. The van der Waals surface area contributed by atoms with E-state index in [0.29, 0.717) is 24.1 Å². The van der Waals surface area contributed by atoms with Gasteiger partial charge in [0, 0.05) is 37.3 Å². The van der Waals surface area contributed by atoms with Crippen molar-refractivity contribution in [3.63, 3.8) is 0 Å². The molecule has 1 atom stereocenters. The van der Waals surface area contributed by atoms with E-state index in [-0.39, 0.29) is 12.6 Å². The van der Waals surface area contributed by atoms with Gasteiger partial charge in [0.2, 0.25) is 0 Å². The van der Waals surface area contributed by atoms with Crippen LogP contribution in [-0.4, -0.2) is 28.3 Å². The van der Waals surface area contributed by atoms with Gasteiger partial charge < -0.3 is 10.6 Å². The van der Waals surface area contributed by atoms with Crippen molar-refractivity contribution >= 4 is 5.96 Å². The van der Waals surface area contributed by atoms with Crippen LogP contribution < -0.4 is 10.6 Å². The smallest absolute Gasteiger partial charge is 0.191 e. The second kappa shape index (κ2) is 8.50. The summed E-state index contributed by atoms with van der Waals surface area (Å²) in [7, 11) is 0. The summed E-state index contributed by atoms with van der Waals surface area (Å²) in [6, 6.07) is 4.07. The zero-order valence-corrected chi connectivity index (χ0v) is 16.1. The van der Waals surface area contributed by atoms with Gasteiger partial charge in [0.15, 0.2) is 5.96 Å². The molecule has 3 rings (SSSR count). The molecule has 0 saturated heterocycles. The summed E-state index contributed by atoms with van der Waals surface area (Å²) < 4.78 is 28.7. The van der Waals surface area contributed by atoms with Crippen LogP contribution in [0.1, 0.15) is 50.1 Å². The predicted molar refractivity (Wildman–Crippen MR) is 103 cm³/mol. The van der Waals surface area contributed by atoms with E-state index in [1.165, 1.54) is 17.7 Å². The van der Waals surface area contributed by atoms with E-state index in [0.717, 1.165) is 31.0 Å². The van der Waals surface area contributed by atoms with Crippen molar-refractivity contribution < 1.29 is 8.78 Å². The molecule has 0 aliphatic heterocycles. The van der Waals surface area contributed by atoms with Gasteiger partial charge in [-0.1, -0.05) is 0 Å². The molecular formula is C20H27F2N5. The minimum absolute atomic E-state index is 0.212. The molecule has 7 heteroatoms. The molecule has 27 heavy (non-hydrogen) atoms. The van der Waals surface area contributed by atoms with Crippen molar-refractivity contribution in [2.24, 2.45) is 4.99 Å². The van der Waals surface area contributed by atoms with Gasteiger partial charge in [0.25, 0.3) is 0 Å². The zero-order chi connectivity index (χ0) is 19.4. The predicted octanol–water partition coefficient (Wildman–Crippen LogP) is 3.35. The van der Waals surface area contributed by atoms with Gasteiger partial charge in [-0.15, -0.1) is 0 Å². The second-order valence-electron chi connectivity index (χ2n) is 7.23. The lowest BCUT2D eigenvalue weighted by atomic mass is 9.94. The van der Waals surface area contributed by atoms with E-state index in [9.17, 15) is 8.78 Å². The Morgan fingerprint density at radius 2 is 2.04 bits per heavy atom. The van der Waals surface area contributed by atoms with Gasteiger partial charge in [-0.2, -0.15) is 5.10 Å². The molecule has 0 bridgehead atoms. The van der Waals surface area contributed by atoms with Gasteiger partial charge in [0.05, 0.1) is 12.2 Å². The highest BCUT2D eigenvalue weighted by Crippen LogP contribution is 2.21. The largest absolute Gasteiger partial charge is 0.357 e. The standard InChI is InChI=1S/C20H27F2N5/c1-4-23-20(24-11-14-7-16(21)9-17(22)8-14)25-18-6-5-15-12-27(13(2)3)26-19(15)10-18/h7-9,12-13,18H,4-6,10-11H2,1-3H3,(H2,23,24,25). The Kier molecular flexibility index (Phi) is 6.08. The summed E-state index contributed by atoms with van der Waals surface area (Å²) >= 11 is 0. The van der Waals surface area contributed by atoms with Gasteiger partial charge in [-0.3, -0.25) is 4.68 Å². The van der Waals surface area contributed by atoms with Crippen LogP contribution in [0, 0.1) is 11.6 Å². The maximum Gasteiger partial charge on any atom is 0.191 e. The average molecular weight is 375 g/mol. The first-order chi connectivity index (χ1) is 12.9. The topological polar surface area (TPSA) is 54.2 Å². The fraction of sp³-hybridized carbons (Fsp3) is 0.500. The van der Waals surface area contributed by atoms with Gasteiger partial charge in [-0.25, -0.2) is 13.8 Å². The van der Waals surface area contributed by atoms with E-state index in [4.69, 9.17) is 5.10 Å². The minimum atomic E-state index is -0.585. The van der Waals surface area contributed by atoms with Crippen LogP contribution in [-0.2, 0) is 19.4 Å². The Bertz CT molecular complexity index is 792. The van der Waals surface area contributed by atoms with Crippen molar-refractivity contribution in [3.8, 4) is 0 Å². The van der Waals surface area contributed by atoms with E-state index in [1.54, 1.807) is 0 Å². The number of nitrogens with one attached hydrogen (secondary N) is 2. The number of aromatic nitrogens is 2. The van der Waals surface area contributed by atoms with Crippen molar-refractivity contribution in [1.29, 1.82) is 0 Å². The van der Waals surface area contributed by atoms with Crippen LogP contribution in [0.2, 0.25) is 0 Å². The Morgan fingerprint density at radius 1 is 1.30 bits per heavy atom. The lowest BCUT2D eigenvalue weighted by molar-refractivity contribution is 0.499. The normalized spacial score (nSPS) is 17.1. The molecule has 0 radical (unpaired) electrons. The van der Waals surface area contributed by atoms with Crippen LogP contribution in [0.25, 0.3) is 0 Å². The molecule has 5 nitrogen and oxygen atoms in total. The van der Waals surface area contributed by atoms with Crippen LogP contribution in [0.3, 0.4) is 0 Å². The Balaban J connectivity index is 1.67. The summed E-state index contributed by atoms with van der Waals surface area (Å²) in [6.07, 6.45) is 4.96. The van der Waals surface area contributed by atoms with Crippen molar-refractivity contribution in [2.75, 3.05) is 6.54 Å². The Labute approximate surface area is 158 Å². The molecule has 146 valence electrons. The van der Waals surface area contributed by atoms with Crippen LogP contribution >= 0.6 is 0 Å². The second-order valence-corrected chi connectivity index (χ2v) is 7.23. The highest BCUT2D eigenvalue weighted by atomic mass is 19.1. The van der Waals surface area contributed by atoms with Crippen LogP contribution in [0.15, 0.2) is 29.4 Å². The quantitative estimate of drug-likeness (QED) is 0.622. The third kappa shape index (κ3) is 5.05. The van der Waals surface area contributed by atoms with E-state index in [2.05, 4.69) is 35.7 Å². The Hall–Kier alpha value is -2.44. The van der Waals surface area contributed by atoms with E-state index in [1.807, 2.05) is 11.6 Å². The summed E-state index contributed by atoms with van der Waals surface area (Å²) in [6.45, 7) is 7.16. The summed E-state index contributed by atoms with van der Waals surface area (Å²) in [5, 5.41) is 11.3.